The molecule has 1 aromatic carbocycles. The summed E-state index contributed by atoms with van der Waals surface area (Å²) in [6.07, 6.45) is 5.43. The van der Waals surface area contributed by atoms with Crippen LogP contribution in [0.2, 0.25) is 0 Å². The smallest absolute Gasteiger partial charge is 0.251 e. The van der Waals surface area contributed by atoms with Crippen molar-refractivity contribution in [3.63, 3.8) is 0 Å². The van der Waals surface area contributed by atoms with E-state index in [1.165, 1.54) is 12.8 Å². The fourth-order valence-corrected chi connectivity index (χ4v) is 3.61. The minimum atomic E-state index is -0.0247. The van der Waals surface area contributed by atoms with Gasteiger partial charge in [0.25, 0.3) is 5.91 Å². The summed E-state index contributed by atoms with van der Waals surface area (Å²) in [4.78, 5) is 14.7. The summed E-state index contributed by atoms with van der Waals surface area (Å²) in [5.74, 6) is 0.750. The van der Waals surface area contributed by atoms with Gasteiger partial charge in [0.15, 0.2) is 11.5 Å². The number of likely N-dealkylation sites (tertiary alicyclic amines) is 1. The topological polar surface area (TPSA) is 62.5 Å². The maximum atomic E-state index is 12.4. The third-order valence-electron chi connectivity index (χ3n) is 5.15. The van der Waals surface area contributed by atoms with E-state index < -0.39 is 0 Å². The quantitative estimate of drug-likeness (QED) is 0.769. The highest BCUT2D eigenvalue weighted by Gasteiger charge is 2.20. The summed E-state index contributed by atoms with van der Waals surface area (Å²) < 4.78 is 1.94. The Morgan fingerprint density at radius 1 is 1.19 bits per heavy atom. The average Bonchev–Trinajstić information content (AvgIpc) is 3.28. The number of rotatable bonds is 5. The van der Waals surface area contributed by atoms with Crippen molar-refractivity contribution in [2.75, 3.05) is 20.1 Å². The zero-order chi connectivity index (χ0) is 17.9. The van der Waals surface area contributed by atoms with Crippen molar-refractivity contribution in [3.05, 3.63) is 54.2 Å². The fourth-order valence-electron chi connectivity index (χ4n) is 3.61. The Kier molecular flexibility index (Phi) is 4.67. The molecule has 0 radical (unpaired) electrons. The number of aromatic nitrogens is 3. The predicted octanol–water partition coefficient (Wildman–Crippen LogP) is 2.61. The van der Waals surface area contributed by atoms with Crippen LogP contribution < -0.4 is 5.32 Å². The molecular formula is C20H23N5O. The zero-order valence-corrected chi connectivity index (χ0v) is 14.9. The molecule has 1 amide bonds. The maximum absolute atomic E-state index is 12.4. The highest BCUT2D eigenvalue weighted by atomic mass is 16.1. The minimum Gasteiger partial charge on any atom is -0.352 e. The van der Waals surface area contributed by atoms with Crippen molar-refractivity contribution in [3.8, 4) is 11.4 Å². The van der Waals surface area contributed by atoms with E-state index in [1.54, 1.807) is 0 Å². The van der Waals surface area contributed by atoms with Crippen LogP contribution in [-0.2, 0) is 0 Å². The molecule has 3 heterocycles. The number of benzene rings is 1. The minimum absolute atomic E-state index is 0.0247. The van der Waals surface area contributed by atoms with Crippen molar-refractivity contribution in [1.29, 1.82) is 0 Å². The number of carbonyl (C=O) groups is 1. The molecular weight excluding hydrogens is 326 g/mol. The van der Waals surface area contributed by atoms with Gasteiger partial charge in [0, 0.05) is 29.9 Å². The lowest BCUT2D eigenvalue weighted by Crippen LogP contribution is -2.31. The first kappa shape index (κ1) is 16.7. The van der Waals surface area contributed by atoms with Crippen molar-refractivity contribution in [2.24, 2.45) is 0 Å². The second kappa shape index (κ2) is 7.25. The van der Waals surface area contributed by atoms with Crippen LogP contribution in [0.25, 0.3) is 17.0 Å². The molecule has 3 aromatic rings. The second-order valence-electron chi connectivity index (χ2n) is 6.85. The van der Waals surface area contributed by atoms with Crippen molar-refractivity contribution >= 4 is 11.6 Å². The Morgan fingerprint density at radius 3 is 2.81 bits per heavy atom. The van der Waals surface area contributed by atoms with E-state index in [2.05, 4.69) is 27.5 Å². The molecule has 0 saturated carbocycles. The highest BCUT2D eigenvalue weighted by Crippen LogP contribution is 2.19. The van der Waals surface area contributed by atoms with Crippen LogP contribution in [0.4, 0.5) is 0 Å². The molecule has 1 saturated heterocycles. The first-order valence-corrected chi connectivity index (χ1v) is 9.11. The van der Waals surface area contributed by atoms with Crippen LogP contribution in [0.5, 0.6) is 0 Å². The number of pyridine rings is 1. The molecule has 0 bridgehead atoms. The third kappa shape index (κ3) is 3.32. The molecule has 0 aliphatic carbocycles. The van der Waals surface area contributed by atoms with E-state index in [0.29, 0.717) is 18.2 Å². The van der Waals surface area contributed by atoms with Crippen LogP contribution in [0.1, 0.15) is 29.6 Å². The fraction of sp³-hybridized carbons (Fsp3) is 0.350. The number of hydrogen-bond acceptors (Lipinski definition) is 4. The van der Waals surface area contributed by atoms with E-state index in [-0.39, 0.29) is 5.91 Å². The largest absolute Gasteiger partial charge is 0.352 e. The van der Waals surface area contributed by atoms with Crippen LogP contribution in [0.3, 0.4) is 0 Å². The van der Waals surface area contributed by atoms with Crippen molar-refractivity contribution < 1.29 is 4.79 Å². The Labute approximate surface area is 152 Å². The standard InChI is InChI=1S/C20H23N5O/c1-24-13-4-5-17(24)11-12-21-20(26)16-9-7-15(8-10-16)19-23-22-18-6-2-3-14-25(18)19/h2-3,6-10,14,17H,4-5,11-13H2,1H3,(H,21,26)/t17-/m0/s1. The predicted molar refractivity (Wildman–Crippen MR) is 101 cm³/mol. The lowest BCUT2D eigenvalue weighted by atomic mass is 10.1. The highest BCUT2D eigenvalue weighted by molar-refractivity contribution is 5.94. The molecule has 1 fully saturated rings. The number of fused-ring (bicyclic) bond motifs is 1. The van der Waals surface area contributed by atoms with Gasteiger partial charge in [0.1, 0.15) is 0 Å². The molecule has 26 heavy (non-hydrogen) atoms. The molecule has 6 heteroatoms. The first-order valence-electron chi connectivity index (χ1n) is 9.11. The van der Waals surface area contributed by atoms with Crippen LogP contribution >= 0.6 is 0 Å². The lowest BCUT2D eigenvalue weighted by Gasteiger charge is -2.19. The average molecular weight is 349 g/mol. The number of amides is 1. The Bertz CT molecular complexity index is 902. The first-order chi connectivity index (χ1) is 12.7. The molecule has 6 nitrogen and oxygen atoms in total. The molecule has 134 valence electrons. The molecule has 1 aliphatic rings. The van der Waals surface area contributed by atoms with Gasteiger partial charge < -0.3 is 10.2 Å². The van der Waals surface area contributed by atoms with Gasteiger partial charge in [-0.2, -0.15) is 0 Å². The summed E-state index contributed by atoms with van der Waals surface area (Å²) in [5.41, 5.74) is 2.41. The van der Waals surface area contributed by atoms with Crippen LogP contribution in [0.15, 0.2) is 48.7 Å². The molecule has 0 spiro atoms. The van der Waals surface area contributed by atoms with Gasteiger partial charge in [-0.3, -0.25) is 9.20 Å². The van der Waals surface area contributed by atoms with Gasteiger partial charge in [0.2, 0.25) is 0 Å². The molecule has 1 aliphatic heterocycles. The van der Waals surface area contributed by atoms with Gasteiger partial charge in [0.05, 0.1) is 0 Å². The molecule has 4 rings (SSSR count). The SMILES string of the molecule is CN1CCC[C@H]1CCNC(=O)c1ccc(-c2nnc3ccccn23)cc1. The number of nitrogens with one attached hydrogen (secondary N) is 1. The summed E-state index contributed by atoms with van der Waals surface area (Å²) >= 11 is 0. The summed E-state index contributed by atoms with van der Waals surface area (Å²) in [6, 6.07) is 13.9. The van der Waals surface area contributed by atoms with Crippen LogP contribution in [-0.4, -0.2) is 51.6 Å². The van der Waals surface area contributed by atoms with Gasteiger partial charge in [-0.25, -0.2) is 0 Å². The Hall–Kier alpha value is -2.73. The Morgan fingerprint density at radius 2 is 2.04 bits per heavy atom. The summed E-state index contributed by atoms with van der Waals surface area (Å²) in [5, 5.41) is 11.4. The third-order valence-corrected chi connectivity index (χ3v) is 5.15. The van der Waals surface area contributed by atoms with E-state index in [9.17, 15) is 4.79 Å². The van der Waals surface area contributed by atoms with Gasteiger partial charge in [-0.05, 0) is 57.1 Å². The normalized spacial score (nSPS) is 17.7. The number of nitrogens with zero attached hydrogens (tertiary/aromatic N) is 4. The Balaban J connectivity index is 1.40. The zero-order valence-electron chi connectivity index (χ0n) is 14.9. The molecule has 1 N–H and O–H groups in total. The van der Waals surface area contributed by atoms with E-state index in [4.69, 9.17) is 0 Å². The van der Waals surface area contributed by atoms with E-state index in [1.807, 2.05) is 53.1 Å². The van der Waals surface area contributed by atoms with Gasteiger partial charge >= 0.3 is 0 Å². The van der Waals surface area contributed by atoms with Crippen molar-refractivity contribution in [1.82, 2.24) is 24.8 Å². The maximum Gasteiger partial charge on any atom is 0.251 e. The van der Waals surface area contributed by atoms with Crippen molar-refractivity contribution in [2.45, 2.75) is 25.3 Å². The number of hydrogen-bond donors (Lipinski definition) is 1. The second-order valence-corrected chi connectivity index (χ2v) is 6.85. The van der Waals surface area contributed by atoms with E-state index in [0.717, 1.165) is 30.0 Å². The molecule has 2 aromatic heterocycles. The van der Waals surface area contributed by atoms with Gasteiger partial charge in [-0.1, -0.05) is 18.2 Å². The molecule has 1 atom stereocenters. The van der Waals surface area contributed by atoms with Crippen LogP contribution in [0, 0.1) is 0 Å². The van der Waals surface area contributed by atoms with E-state index >= 15 is 0 Å². The monoisotopic (exact) mass is 349 g/mol. The summed E-state index contributed by atoms with van der Waals surface area (Å²) in [6.45, 7) is 1.88. The number of carbonyl (C=O) groups excluding carboxylic acids is 1. The lowest BCUT2D eigenvalue weighted by molar-refractivity contribution is 0.0950. The van der Waals surface area contributed by atoms with Gasteiger partial charge in [-0.15, -0.1) is 10.2 Å². The molecule has 0 unspecified atom stereocenters. The summed E-state index contributed by atoms with van der Waals surface area (Å²) in [7, 11) is 2.16.